The summed E-state index contributed by atoms with van der Waals surface area (Å²) in [5.41, 5.74) is 1.88. The summed E-state index contributed by atoms with van der Waals surface area (Å²) in [5, 5.41) is 9.75. The van der Waals surface area contributed by atoms with Crippen molar-refractivity contribution in [1.29, 1.82) is 0 Å². The number of nitrogens with one attached hydrogen (secondary N) is 3. The molecule has 2 rings (SSSR count). The van der Waals surface area contributed by atoms with Crippen LogP contribution in [-0.4, -0.2) is 37.7 Å². The molecule has 0 saturated carbocycles. The number of hydrogen-bond donors (Lipinski definition) is 3. The van der Waals surface area contributed by atoms with E-state index in [2.05, 4.69) is 41.7 Å². The number of nitrogens with zero attached hydrogens (tertiary/aromatic N) is 1. The van der Waals surface area contributed by atoms with Gasteiger partial charge in [0.15, 0.2) is 5.96 Å². The number of guanidine groups is 1. The van der Waals surface area contributed by atoms with Gasteiger partial charge in [0.25, 0.3) is 5.91 Å². The normalized spacial score (nSPS) is 18.2. The Morgan fingerprint density at radius 3 is 2.79 bits per heavy atom. The Labute approximate surface area is 169 Å². The molecule has 0 aromatic heterocycles. The summed E-state index contributed by atoms with van der Waals surface area (Å²) < 4.78 is 5.44. The van der Waals surface area contributed by atoms with Crippen LogP contribution >= 0.6 is 0 Å². The fourth-order valence-electron chi connectivity index (χ4n) is 3.28. The second-order valence-corrected chi connectivity index (χ2v) is 7.99. The summed E-state index contributed by atoms with van der Waals surface area (Å²) in [7, 11) is 1.79. The molecule has 1 aliphatic heterocycles. The molecular formula is C22H36N4O2. The number of aliphatic imine (C=N–C) groups is 1. The van der Waals surface area contributed by atoms with E-state index in [9.17, 15) is 4.79 Å². The van der Waals surface area contributed by atoms with E-state index in [1.807, 2.05) is 24.3 Å². The largest absolute Gasteiger partial charge is 0.368 e. The lowest BCUT2D eigenvalue weighted by atomic mass is 10.0. The van der Waals surface area contributed by atoms with E-state index in [-0.39, 0.29) is 12.0 Å². The quantitative estimate of drug-likeness (QED) is 0.446. The molecule has 156 valence electrons. The van der Waals surface area contributed by atoms with Crippen molar-refractivity contribution in [2.75, 3.05) is 19.0 Å². The van der Waals surface area contributed by atoms with E-state index >= 15 is 0 Å². The number of carbonyl (C=O) groups is 1. The minimum absolute atomic E-state index is 0.0599. The fourth-order valence-corrected chi connectivity index (χ4v) is 3.28. The summed E-state index contributed by atoms with van der Waals surface area (Å²) >= 11 is 0. The van der Waals surface area contributed by atoms with Crippen LogP contribution in [0.15, 0.2) is 29.3 Å². The summed E-state index contributed by atoms with van der Waals surface area (Å²) in [6.07, 6.45) is 5.03. The van der Waals surface area contributed by atoms with Crippen LogP contribution in [0.25, 0.3) is 0 Å². The molecule has 6 nitrogen and oxygen atoms in total. The van der Waals surface area contributed by atoms with Gasteiger partial charge in [-0.25, -0.2) is 0 Å². The molecule has 0 radical (unpaired) electrons. The van der Waals surface area contributed by atoms with Crippen LogP contribution in [0.3, 0.4) is 0 Å². The van der Waals surface area contributed by atoms with Crippen LogP contribution in [0, 0.1) is 5.92 Å². The Balaban J connectivity index is 1.79. The predicted molar refractivity (Wildman–Crippen MR) is 116 cm³/mol. The summed E-state index contributed by atoms with van der Waals surface area (Å²) in [4.78, 5) is 16.5. The molecule has 1 aliphatic rings. The van der Waals surface area contributed by atoms with Gasteiger partial charge in [-0.3, -0.25) is 9.79 Å². The van der Waals surface area contributed by atoms with Gasteiger partial charge in [-0.15, -0.1) is 0 Å². The third kappa shape index (κ3) is 7.89. The first-order valence-electron chi connectivity index (χ1n) is 10.5. The molecule has 1 aromatic rings. The molecule has 3 N–H and O–H groups in total. The maximum Gasteiger partial charge on any atom is 0.253 e. The van der Waals surface area contributed by atoms with Crippen molar-refractivity contribution < 1.29 is 9.53 Å². The van der Waals surface area contributed by atoms with Crippen molar-refractivity contribution in [1.82, 2.24) is 10.6 Å². The Bertz CT molecular complexity index is 639. The number of rotatable bonds is 9. The van der Waals surface area contributed by atoms with Crippen molar-refractivity contribution >= 4 is 17.6 Å². The van der Waals surface area contributed by atoms with Gasteiger partial charge in [0, 0.05) is 31.9 Å². The highest BCUT2D eigenvalue weighted by Crippen LogP contribution is 2.16. The molecule has 1 saturated heterocycles. The standard InChI is InChI=1S/C22H36N4O2/c1-16(2)8-5-9-17(3)25-22(23-4)24-15-18-10-6-11-19(14-18)26-21(27)20-12-7-13-28-20/h6,10-11,14,16-17,20H,5,7-9,12-13,15H2,1-4H3,(H,26,27)(H2,23,24,25). The van der Waals surface area contributed by atoms with Crippen LogP contribution in [0.5, 0.6) is 0 Å². The highest BCUT2D eigenvalue weighted by atomic mass is 16.5. The molecule has 0 aliphatic carbocycles. The van der Waals surface area contributed by atoms with Gasteiger partial charge in [0.05, 0.1) is 0 Å². The van der Waals surface area contributed by atoms with Crippen LogP contribution in [0.1, 0.15) is 58.4 Å². The van der Waals surface area contributed by atoms with Crippen molar-refractivity contribution in [3.63, 3.8) is 0 Å². The fraction of sp³-hybridized carbons (Fsp3) is 0.636. The topological polar surface area (TPSA) is 74.8 Å². The average Bonchev–Trinajstić information content (AvgIpc) is 3.20. The van der Waals surface area contributed by atoms with E-state index in [1.54, 1.807) is 7.05 Å². The first-order chi connectivity index (χ1) is 13.5. The minimum atomic E-state index is -0.318. The Morgan fingerprint density at radius 1 is 1.29 bits per heavy atom. The highest BCUT2D eigenvalue weighted by Gasteiger charge is 2.23. The van der Waals surface area contributed by atoms with Crippen molar-refractivity contribution in [2.45, 2.75) is 71.6 Å². The molecular weight excluding hydrogens is 352 g/mol. The smallest absolute Gasteiger partial charge is 0.253 e. The second kappa shape index (κ2) is 11.7. The van der Waals surface area contributed by atoms with Gasteiger partial charge < -0.3 is 20.7 Å². The first kappa shape index (κ1) is 22.2. The summed E-state index contributed by atoms with van der Waals surface area (Å²) in [6, 6.07) is 8.25. The van der Waals surface area contributed by atoms with Gasteiger partial charge >= 0.3 is 0 Å². The molecule has 1 aromatic carbocycles. The molecule has 1 amide bonds. The Hall–Kier alpha value is -2.08. The minimum Gasteiger partial charge on any atom is -0.368 e. The van der Waals surface area contributed by atoms with Crippen LogP contribution < -0.4 is 16.0 Å². The van der Waals surface area contributed by atoms with E-state index in [4.69, 9.17) is 4.74 Å². The Morgan fingerprint density at radius 2 is 2.11 bits per heavy atom. The average molecular weight is 389 g/mol. The van der Waals surface area contributed by atoms with E-state index in [0.29, 0.717) is 19.2 Å². The van der Waals surface area contributed by atoms with Gasteiger partial charge in [0.1, 0.15) is 6.10 Å². The van der Waals surface area contributed by atoms with Crippen LogP contribution in [0.2, 0.25) is 0 Å². The third-order valence-corrected chi connectivity index (χ3v) is 4.90. The zero-order valence-corrected chi connectivity index (χ0v) is 17.8. The molecule has 6 heteroatoms. The number of ether oxygens (including phenoxy) is 1. The van der Waals surface area contributed by atoms with E-state index in [1.165, 1.54) is 12.8 Å². The number of amides is 1. The van der Waals surface area contributed by atoms with Crippen molar-refractivity contribution in [2.24, 2.45) is 10.9 Å². The predicted octanol–water partition coefficient (Wildman–Crippen LogP) is 3.68. The SMILES string of the molecule is CN=C(NCc1cccc(NC(=O)C2CCCO2)c1)NC(C)CCCC(C)C. The molecule has 1 fully saturated rings. The molecule has 0 bridgehead atoms. The van der Waals surface area contributed by atoms with Gasteiger partial charge in [0.2, 0.25) is 0 Å². The molecule has 2 unspecified atom stereocenters. The van der Waals surface area contributed by atoms with Crippen LogP contribution in [0.4, 0.5) is 5.69 Å². The third-order valence-electron chi connectivity index (χ3n) is 4.90. The highest BCUT2D eigenvalue weighted by molar-refractivity contribution is 5.94. The number of hydrogen-bond acceptors (Lipinski definition) is 3. The summed E-state index contributed by atoms with van der Waals surface area (Å²) in [5.74, 6) is 1.48. The molecule has 2 atom stereocenters. The monoisotopic (exact) mass is 388 g/mol. The summed E-state index contributed by atoms with van der Waals surface area (Å²) in [6.45, 7) is 8.02. The molecule has 28 heavy (non-hydrogen) atoms. The van der Waals surface area contributed by atoms with Crippen molar-refractivity contribution in [3.05, 3.63) is 29.8 Å². The maximum absolute atomic E-state index is 12.2. The van der Waals surface area contributed by atoms with Gasteiger partial charge in [-0.2, -0.15) is 0 Å². The van der Waals surface area contributed by atoms with Crippen molar-refractivity contribution in [3.8, 4) is 0 Å². The number of carbonyl (C=O) groups excluding carboxylic acids is 1. The zero-order chi connectivity index (χ0) is 20.4. The maximum atomic E-state index is 12.2. The van der Waals surface area contributed by atoms with E-state index < -0.39 is 0 Å². The van der Waals surface area contributed by atoms with Gasteiger partial charge in [-0.05, 0) is 49.8 Å². The Kier molecular flexibility index (Phi) is 9.28. The van der Waals surface area contributed by atoms with Crippen LogP contribution in [-0.2, 0) is 16.1 Å². The number of benzene rings is 1. The molecule has 1 heterocycles. The lowest BCUT2D eigenvalue weighted by Gasteiger charge is -2.18. The lowest BCUT2D eigenvalue weighted by Crippen LogP contribution is -2.41. The molecule has 0 spiro atoms. The zero-order valence-electron chi connectivity index (χ0n) is 17.8. The first-order valence-corrected chi connectivity index (χ1v) is 10.5. The second-order valence-electron chi connectivity index (χ2n) is 7.99. The van der Waals surface area contributed by atoms with E-state index in [0.717, 1.165) is 42.4 Å². The number of anilines is 1. The van der Waals surface area contributed by atoms with Gasteiger partial charge in [-0.1, -0.05) is 38.8 Å². The lowest BCUT2D eigenvalue weighted by molar-refractivity contribution is -0.124.